The average Bonchev–Trinajstić information content (AvgIpc) is 3.01. The predicted molar refractivity (Wildman–Crippen MR) is 78.7 cm³/mol. The third-order valence-corrected chi connectivity index (χ3v) is 5.53. The number of nitrogens with zero attached hydrogens (tertiary/aromatic N) is 2. The molecule has 3 nitrogen and oxygen atoms in total. The van der Waals surface area contributed by atoms with Crippen LogP contribution in [-0.4, -0.2) is 53.7 Å². The molecular weight excluding hydrogens is 242 g/mol. The largest absolute Gasteiger partial charge is 0.360 e. The molecule has 0 aromatic rings. The molecule has 2 saturated carbocycles. The van der Waals surface area contributed by atoms with Gasteiger partial charge in [0, 0.05) is 32.2 Å². The summed E-state index contributed by atoms with van der Waals surface area (Å²) in [6, 6.07) is 0.681. The van der Waals surface area contributed by atoms with Crippen LogP contribution in [0.25, 0.3) is 0 Å². The lowest BCUT2D eigenvalue weighted by molar-refractivity contribution is 0.187. The van der Waals surface area contributed by atoms with Gasteiger partial charge in [0.25, 0.3) is 0 Å². The summed E-state index contributed by atoms with van der Waals surface area (Å²) in [4.78, 5) is 4.87. The lowest BCUT2D eigenvalue weighted by Crippen LogP contribution is -2.53. The van der Waals surface area contributed by atoms with Crippen LogP contribution in [0.4, 0.5) is 0 Å². The Hall–Kier alpha value is -0.350. The summed E-state index contributed by atoms with van der Waals surface area (Å²) in [5, 5.41) is 4.67. The fourth-order valence-electron chi connectivity index (χ4n) is 3.94. The number of fused-ring (bicyclic) bond motifs is 2. The van der Waals surface area contributed by atoms with Crippen molar-refractivity contribution < 1.29 is 0 Å². The van der Waals surface area contributed by atoms with Crippen LogP contribution in [0.1, 0.15) is 32.6 Å². The van der Waals surface area contributed by atoms with Gasteiger partial charge in [0.2, 0.25) is 0 Å². The molecule has 1 aliphatic heterocycles. The molecule has 2 bridgehead atoms. The van der Waals surface area contributed by atoms with Crippen molar-refractivity contribution in [3.8, 4) is 0 Å². The van der Waals surface area contributed by atoms with Gasteiger partial charge in [-0.15, -0.1) is 0 Å². The van der Waals surface area contributed by atoms with Gasteiger partial charge in [-0.05, 0) is 49.9 Å². The van der Waals surface area contributed by atoms with Crippen LogP contribution in [0, 0.1) is 11.8 Å². The zero-order valence-corrected chi connectivity index (χ0v) is 12.2. The Balaban J connectivity index is 1.47. The highest BCUT2D eigenvalue weighted by molar-refractivity contribution is 7.80. The van der Waals surface area contributed by atoms with Crippen LogP contribution in [-0.2, 0) is 0 Å². The van der Waals surface area contributed by atoms with E-state index in [2.05, 4.69) is 22.0 Å². The zero-order valence-electron chi connectivity index (χ0n) is 11.4. The van der Waals surface area contributed by atoms with E-state index >= 15 is 0 Å². The summed E-state index contributed by atoms with van der Waals surface area (Å²) < 4.78 is 0. The molecule has 18 heavy (non-hydrogen) atoms. The van der Waals surface area contributed by atoms with Crippen molar-refractivity contribution in [3.05, 3.63) is 0 Å². The van der Waals surface area contributed by atoms with Crippen LogP contribution in [0.2, 0.25) is 0 Å². The summed E-state index contributed by atoms with van der Waals surface area (Å²) in [5.41, 5.74) is 0. The highest BCUT2D eigenvalue weighted by atomic mass is 32.1. The maximum atomic E-state index is 5.60. The van der Waals surface area contributed by atoms with Crippen LogP contribution in [0.15, 0.2) is 0 Å². The van der Waals surface area contributed by atoms with Crippen molar-refractivity contribution in [1.29, 1.82) is 0 Å². The van der Waals surface area contributed by atoms with E-state index in [9.17, 15) is 0 Å². The normalized spacial score (nSPS) is 36.1. The quantitative estimate of drug-likeness (QED) is 0.767. The smallest absolute Gasteiger partial charge is 0.169 e. The molecule has 4 heteroatoms. The molecular formula is C14H25N3S. The molecule has 0 amide bonds. The molecule has 0 radical (unpaired) electrons. The predicted octanol–water partition coefficient (Wildman–Crippen LogP) is 1.69. The van der Waals surface area contributed by atoms with Crippen LogP contribution in [0.5, 0.6) is 0 Å². The Bertz CT molecular complexity index is 312. The molecule has 3 unspecified atom stereocenters. The molecule has 102 valence electrons. The van der Waals surface area contributed by atoms with Crippen molar-refractivity contribution in [2.24, 2.45) is 11.8 Å². The third kappa shape index (κ3) is 2.50. The number of likely N-dealkylation sites (N-methyl/N-ethyl adjacent to an activating group) is 1. The van der Waals surface area contributed by atoms with E-state index in [1.807, 2.05) is 0 Å². The molecule has 3 fully saturated rings. The van der Waals surface area contributed by atoms with E-state index < -0.39 is 0 Å². The lowest BCUT2D eigenvalue weighted by Gasteiger charge is -2.37. The molecule has 1 heterocycles. The minimum Gasteiger partial charge on any atom is -0.360 e. The Morgan fingerprint density at radius 1 is 1.17 bits per heavy atom. The summed E-state index contributed by atoms with van der Waals surface area (Å²) in [6.45, 7) is 7.92. The number of thiocarbonyl (C=S) groups is 1. The number of nitrogens with one attached hydrogen (secondary N) is 1. The van der Waals surface area contributed by atoms with Crippen molar-refractivity contribution in [2.45, 2.75) is 38.6 Å². The van der Waals surface area contributed by atoms with Gasteiger partial charge in [0.1, 0.15) is 0 Å². The van der Waals surface area contributed by atoms with Gasteiger partial charge in [-0.2, -0.15) is 0 Å². The number of hydrogen-bond donors (Lipinski definition) is 1. The zero-order chi connectivity index (χ0) is 12.5. The fraction of sp³-hybridized carbons (Fsp3) is 0.929. The number of piperazine rings is 1. The Morgan fingerprint density at radius 3 is 2.50 bits per heavy atom. The summed E-state index contributed by atoms with van der Waals surface area (Å²) in [6.07, 6.45) is 5.70. The first-order valence-electron chi connectivity index (χ1n) is 7.54. The van der Waals surface area contributed by atoms with Crippen molar-refractivity contribution in [3.63, 3.8) is 0 Å². The highest BCUT2D eigenvalue weighted by Gasteiger charge is 2.40. The first kappa shape index (κ1) is 12.7. The second-order valence-corrected chi connectivity index (χ2v) is 6.54. The monoisotopic (exact) mass is 267 g/mol. The van der Waals surface area contributed by atoms with Crippen molar-refractivity contribution in [1.82, 2.24) is 15.1 Å². The molecule has 3 atom stereocenters. The second kappa shape index (κ2) is 5.33. The first-order valence-corrected chi connectivity index (χ1v) is 7.95. The second-order valence-electron chi connectivity index (χ2n) is 6.15. The van der Waals surface area contributed by atoms with Gasteiger partial charge in [-0.3, -0.25) is 0 Å². The van der Waals surface area contributed by atoms with Gasteiger partial charge in [-0.25, -0.2) is 0 Å². The maximum absolute atomic E-state index is 5.60. The molecule has 0 aromatic carbocycles. The number of hydrogen-bond acceptors (Lipinski definition) is 2. The molecule has 3 rings (SSSR count). The maximum Gasteiger partial charge on any atom is 0.169 e. The molecule has 0 aromatic heterocycles. The van der Waals surface area contributed by atoms with Crippen LogP contribution in [0.3, 0.4) is 0 Å². The van der Waals surface area contributed by atoms with Gasteiger partial charge >= 0.3 is 0 Å². The van der Waals surface area contributed by atoms with Gasteiger partial charge in [0.15, 0.2) is 5.11 Å². The Morgan fingerprint density at radius 2 is 1.94 bits per heavy atom. The summed E-state index contributed by atoms with van der Waals surface area (Å²) in [5.74, 6) is 1.90. The van der Waals surface area contributed by atoms with E-state index in [1.165, 1.54) is 32.2 Å². The van der Waals surface area contributed by atoms with E-state index in [0.29, 0.717) is 6.04 Å². The standard InChI is InChI=1S/C14H25N3S/c1-2-16-5-7-17(8-6-16)14(18)15-13-10-11-3-4-12(13)9-11/h11-13H,2-10H2,1H3,(H,15,18). The van der Waals surface area contributed by atoms with Crippen molar-refractivity contribution >= 4 is 17.3 Å². The molecule has 1 N–H and O–H groups in total. The van der Waals surface area contributed by atoms with Gasteiger partial charge in [-0.1, -0.05) is 13.3 Å². The van der Waals surface area contributed by atoms with E-state index in [-0.39, 0.29) is 0 Å². The molecule has 3 aliphatic rings. The highest BCUT2D eigenvalue weighted by Crippen LogP contribution is 2.44. The van der Waals surface area contributed by atoms with Crippen molar-refractivity contribution in [2.75, 3.05) is 32.7 Å². The summed E-state index contributed by atoms with van der Waals surface area (Å²) in [7, 11) is 0. The fourth-order valence-corrected chi connectivity index (χ4v) is 4.27. The van der Waals surface area contributed by atoms with Crippen LogP contribution < -0.4 is 5.32 Å². The lowest BCUT2D eigenvalue weighted by atomic mass is 9.95. The molecule has 2 aliphatic carbocycles. The van der Waals surface area contributed by atoms with Gasteiger partial charge < -0.3 is 15.1 Å². The van der Waals surface area contributed by atoms with Crippen LogP contribution >= 0.6 is 12.2 Å². The Kier molecular flexibility index (Phi) is 3.76. The minimum atomic E-state index is 0.681. The molecule has 0 spiro atoms. The Labute approximate surface area is 116 Å². The van der Waals surface area contributed by atoms with E-state index in [0.717, 1.165) is 43.1 Å². The SMILES string of the molecule is CCN1CCN(C(=S)NC2CC3CCC2C3)CC1. The minimum absolute atomic E-state index is 0.681. The topological polar surface area (TPSA) is 18.5 Å². The summed E-state index contributed by atoms with van der Waals surface area (Å²) >= 11 is 5.60. The van der Waals surface area contributed by atoms with E-state index in [1.54, 1.807) is 0 Å². The number of rotatable bonds is 2. The van der Waals surface area contributed by atoms with Gasteiger partial charge in [0.05, 0.1) is 0 Å². The average molecular weight is 267 g/mol. The van der Waals surface area contributed by atoms with E-state index in [4.69, 9.17) is 12.2 Å². The third-order valence-electron chi connectivity index (χ3n) is 5.15. The molecule has 1 saturated heterocycles. The first-order chi connectivity index (χ1) is 8.76.